The maximum atomic E-state index is 11.5. The van der Waals surface area contributed by atoms with Gasteiger partial charge in [-0.25, -0.2) is 0 Å². The van der Waals surface area contributed by atoms with Crippen molar-refractivity contribution in [1.29, 1.82) is 0 Å². The normalized spacial score (nSPS) is 14.9. The summed E-state index contributed by atoms with van der Waals surface area (Å²) in [6, 6.07) is 0. The fraction of sp³-hybridized carbons (Fsp3) is 0. The van der Waals surface area contributed by atoms with E-state index >= 15 is 0 Å². The number of aliphatic hydroxyl groups excluding tert-OH is 2. The zero-order valence-electron chi connectivity index (χ0n) is 8.50. The van der Waals surface area contributed by atoms with Crippen molar-refractivity contribution in [2.24, 2.45) is 0 Å². The fourth-order valence-corrected chi connectivity index (χ4v) is 1.59. The van der Waals surface area contributed by atoms with Gasteiger partial charge in [-0.15, -0.1) is 0 Å². The first-order chi connectivity index (χ1) is 8.29. The Hall–Kier alpha value is -2.90. The lowest BCUT2D eigenvalue weighted by atomic mass is 9.90. The molecule has 0 aromatic heterocycles. The largest absolute Gasteiger partial charge is 0.504 e. The molecule has 0 spiro atoms. The van der Waals surface area contributed by atoms with Crippen LogP contribution < -0.4 is 0 Å². The van der Waals surface area contributed by atoms with Crippen molar-refractivity contribution < 1.29 is 40.2 Å². The maximum Gasteiger partial charge on any atom is 0.236 e. The third kappa shape index (κ3) is 1.14. The number of carbonyl (C=O) groups is 2. The molecule has 6 N–H and O–H groups in total. The second kappa shape index (κ2) is 3.29. The third-order valence-electron chi connectivity index (χ3n) is 2.51. The van der Waals surface area contributed by atoms with Crippen LogP contribution in [0.25, 0.3) is 0 Å². The van der Waals surface area contributed by atoms with Crippen LogP contribution in [0, 0.1) is 0 Å². The summed E-state index contributed by atoms with van der Waals surface area (Å²) in [7, 11) is 0. The van der Waals surface area contributed by atoms with Crippen LogP contribution in [0.5, 0.6) is 23.0 Å². The Balaban J connectivity index is 2.96. The first kappa shape index (κ1) is 11.6. The van der Waals surface area contributed by atoms with Crippen LogP contribution in [0.3, 0.4) is 0 Å². The summed E-state index contributed by atoms with van der Waals surface area (Å²) in [6.45, 7) is 0. The van der Waals surface area contributed by atoms with Gasteiger partial charge in [0.2, 0.25) is 34.6 Å². The van der Waals surface area contributed by atoms with Gasteiger partial charge in [0.1, 0.15) is 0 Å². The molecule has 0 unspecified atom stereocenters. The summed E-state index contributed by atoms with van der Waals surface area (Å²) < 4.78 is 0. The minimum atomic E-state index is -1.37. The van der Waals surface area contributed by atoms with E-state index in [4.69, 9.17) is 10.2 Å². The highest BCUT2D eigenvalue weighted by Gasteiger charge is 2.40. The van der Waals surface area contributed by atoms with Gasteiger partial charge in [0.25, 0.3) is 0 Å². The number of allylic oxidation sites excluding steroid dienone is 2. The molecule has 0 heterocycles. The van der Waals surface area contributed by atoms with Crippen molar-refractivity contribution >= 4 is 11.6 Å². The number of hydrogen-bond donors (Lipinski definition) is 6. The second-order valence-electron chi connectivity index (χ2n) is 3.50. The molecule has 0 saturated carbocycles. The van der Waals surface area contributed by atoms with Crippen molar-refractivity contribution in [2.45, 2.75) is 0 Å². The lowest BCUT2D eigenvalue weighted by Gasteiger charge is -2.17. The smallest absolute Gasteiger partial charge is 0.236 e. The van der Waals surface area contributed by atoms with Crippen LogP contribution in [0.2, 0.25) is 0 Å². The molecule has 8 heteroatoms. The summed E-state index contributed by atoms with van der Waals surface area (Å²) >= 11 is 0. The Kier molecular flexibility index (Phi) is 2.12. The minimum Gasteiger partial charge on any atom is -0.504 e. The molecule has 2 rings (SSSR count). The zero-order chi connectivity index (χ0) is 13.8. The van der Waals surface area contributed by atoms with Crippen LogP contribution in [0.1, 0.15) is 20.7 Å². The van der Waals surface area contributed by atoms with Crippen molar-refractivity contribution in [3.63, 3.8) is 0 Å². The first-order valence-corrected chi connectivity index (χ1v) is 4.50. The van der Waals surface area contributed by atoms with Gasteiger partial charge in [0.05, 0.1) is 11.1 Å². The summed E-state index contributed by atoms with van der Waals surface area (Å²) in [4.78, 5) is 23.1. The van der Waals surface area contributed by atoms with Crippen LogP contribution in [-0.4, -0.2) is 42.2 Å². The Morgan fingerprint density at radius 3 is 1.06 bits per heavy atom. The van der Waals surface area contributed by atoms with E-state index in [0.29, 0.717) is 0 Å². The lowest BCUT2D eigenvalue weighted by Crippen LogP contribution is -2.22. The topological polar surface area (TPSA) is 156 Å². The van der Waals surface area contributed by atoms with Gasteiger partial charge < -0.3 is 30.6 Å². The van der Waals surface area contributed by atoms with Crippen LogP contribution in [0.15, 0.2) is 11.5 Å². The Bertz CT molecular complexity index is 585. The summed E-state index contributed by atoms with van der Waals surface area (Å²) in [6.07, 6.45) is 0. The third-order valence-corrected chi connectivity index (χ3v) is 2.51. The molecule has 0 bridgehead atoms. The molecule has 18 heavy (non-hydrogen) atoms. The highest BCUT2D eigenvalue weighted by Crippen LogP contribution is 2.49. The minimum absolute atomic E-state index is 0.900. The summed E-state index contributed by atoms with van der Waals surface area (Å²) in [5.74, 6) is -10.2. The number of aliphatic hydroxyl groups is 2. The molecule has 0 atom stereocenters. The van der Waals surface area contributed by atoms with Gasteiger partial charge in [0, 0.05) is 0 Å². The fourth-order valence-electron chi connectivity index (χ4n) is 1.59. The molecule has 94 valence electrons. The molecule has 1 aromatic carbocycles. The molecular weight excluding hydrogens is 248 g/mol. The highest BCUT2D eigenvalue weighted by molar-refractivity contribution is 6.27. The van der Waals surface area contributed by atoms with Crippen molar-refractivity contribution in [2.75, 3.05) is 0 Å². The number of hydrogen-bond acceptors (Lipinski definition) is 8. The second-order valence-corrected chi connectivity index (χ2v) is 3.50. The van der Waals surface area contributed by atoms with E-state index in [1.165, 1.54) is 0 Å². The van der Waals surface area contributed by atoms with Crippen LogP contribution in [0.4, 0.5) is 0 Å². The van der Waals surface area contributed by atoms with E-state index < -0.39 is 57.2 Å². The predicted molar refractivity (Wildman–Crippen MR) is 54.0 cm³/mol. The standard InChI is InChI=1S/C10H6O8/c11-3-1-2(5(13)9(17)7(3)15)6(14)10(18)8(16)4(1)12/h11,13,15-18H. The molecule has 0 saturated heterocycles. The van der Waals surface area contributed by atoms with Crippen molar-refractivity contribution in [1.82, 2.24) is 0 Å². The average Bonchev–Trinajstić information content (AvgIpc) is 2.35. The molecule has 0 aliphatic heterocycles. The molecule has 0 fully saturated rings. The van der Waals surface area contributed by atoms with E-state index in [2.05, 4.69) is 0 Å². The van der Waals surface area contributed by atoms with Crippen LogP contribution >= 0.6 is 0 Å². The van der Waals surface area contributed by atoms with E-state index in [1.54, 1.807) is 0 Å². The molecule has 1 aromatic rings. The number of aromatic hydroxyl groups is 4. The highest BCUT2D eigenvalue weighted by atomic mass is 16.3. The molecule has 1 aliphatic carbocycles. The first-order valence-electron chi connectivity index (χ1n) is 4.50. The molecule has 1 aliphatic rings. The van der Waals surface area contributed by atoms with E-state index in [9.17, 15) is 30.0 Å². The van der Waals surface area contributed by atoms with Gasteiger partial charge in [-0.2, -0.15) is 0 Å². The zero-order valence-corrected chi connectivity index (χ0v) is 8.50. The number of phenolic OH excluding ortho intramolecular Hbond substituents is 4. The SMILES string of the molecule is O=C1C(O)=C(O)C(=O)c2c(O)c(O)c(O)c(O)c21. The lowest BCUT2D eigenvalue weighted by molar-refractivity contribution is 0.0874. The van der Waals surface area contributed by atoms with E-state index in [0.717, 1.165) is 0 Å². The van der Waals surface area contributed by atoms with Crippen molar-refractivity contribution in [3.8, 4) is 23.0 Å². The monoisotopic (exact) mass is 254 g/mol. The van der Waals surface area contributed by atoms with Gasteiger partial charge >= 0.3 is 0 Å². The van der Waals surface area contributed by atoms with Crippen molar-refractivity contribution in [3.05, 3.63) is 22.6 Å². The maximum absolute atomic E-state index is 11.5. The summed E-state index contributed by atoms with van der Waals surface area (Å²) in [5, 5.41) is 55.6. The average molecular weight is 254 g/mol. The molecule has 0 radical (unpaired) electrons. The number of benzene rings is 1. The Morgan fingerprint density at radius 1 is 0.500 bits per heavy atom. The number of carbonyl (C=O) groups excluding carboxylic acids is 2. The summed E-state index contributed by atoms with van der Waals surface area (Å²) in [5.41, 5.74) is -1.80. The van der Waals surface area contributed by atoms with Gasteiger partial charge in [-0.05, 0) is 0 Å². The Morgan fingerprint density at radius 2 is 0.778 bits per heavy atom. The molecule has 0 amide bonds. The number of phenols is 4. The van der Waals surface area contributed by atoms with Crippen LogP contribution in [-0.2, 0) is 0 Å². The molecular formula is C10H6O8. The van der Waals surface area contributed by atoms with Gasteiger partial charge in [-0.3, -0.25) is 9.59 Å². The number of Topliss-reactive ketones (excluding diaryl/α,β-unsaturated/α-hetero) is 2. The molecule has 8 nitrogen and oxygen atoms in total. The Labute approximate surface area is 98.3 Å². The van der Waals surface area contributed by atoms with Gasteiger partial charge in [0.15, 0.2) is 11.5 Å². The van der Waals surface area contributed by atoms with E-state index in [-0.39, 0.29) is 0 Å². The number of rotatable bonds is 0. The van der Waals surface area contributed by atoms with E-state index in [1.807, 2.05) is 0 Å². The van der Waals surface area contributed by atoms with Gasteiger partial charge in [-0.1, -0.05) is 0 Å². The number of fused-ring (bicyclic) bond motifs is 1. The quantitative estimate of drug-likeness (QED) is 0.283. The predicted octanol–water partition coefficient (Wildman–Crippen LogP) is 0.216. The number of ketones is 2.